The Kier molecular flexibility index (Phi) is 6.89. The second-order valence-corrected chi connectivity index (χ2v) is 9.40. The number of amides is 2. The molecule has 8 heteroatoms. The molecule has 1 aliphatic rings. The summed E-state index contributed by atoms with van der Waals surface area (Å²) in [5.74, 6) is 0.0261. The molecule has 0 unspecified atom stereocenters. The van der Waals surface area contributed by atoms with Crippen LogP contribution in [0, 0.1) is 5.92 Å². The molecule has 0 radical (unpaired) electrons. The summed E-state index contributed by atoms with van der Waals surface area (Å²) in [5, 5.41) is 7.06. The lowest BCUT2D eigenvalue weighted by Crippen LogP contribution is -2.41. The second kappa shape index (κ2) is 9.98. The van der Waals surface area contributed by atoms with Crippen LogP contribution < -0.4 is 5.32 Å². The number of carbonyl (C=O) groups excluding carboxylic acids is 3. The number of hydrogen-bond donors (Lipinski definition) is 1. The van der Waals surface area contributed by atoms with Gasteiger partial charge in [0.2, 0.25) is 11.8 Å². The molecule has 3 aromatic rings. The summed E-state index contributed by atoms with van der Waals surface area (Å²) < 4.78 is 0. The van der Waals surface area contributed by atoms with Crippen LogP contribution in [0.5, 0.6) is 0 Å². The summed E-state index contributed by atoms with van der Waals surface area (Å²) in [7, 11) is 0. The van der Waals surface area contributed by atoms with E-state index in [-0.39, 0.29) is 29.9 Å². The zero-order valence-electron chi connectivity index (χ0n) is 17.0. The van der Waals surface area contributed by atoms with Crippen molar-refractivity contribution in [3.63, 3.8) is 0 Å². The van der Waals surface area contributed by atoms with Crippen molar-refractivity contribution >= 4 is 45.4 Å². The minimum absolute atomic E-state index is 0.00683. The second-order valence-electron chi connectivity index (χ2n) is 7.51. The van der Waals surface area contributed by atoms with Gasteiger partial charge in [-0.05, 0) is 24.3 Å². The lowest BCUT2D eigenvalue weighted by Gasteiger charge is -2.31. The maximum Gasteiger partial charge on any atom is 0.231 e. The highest BCUT2D eigenvalue weighted by atomic mass is 32.1. The molecule has 6 nitrogen and oxygen atoms in total. The van der Waals surface area contributed by atoms with Crippen molar-refractivity contribution in [2.24, 2.45) is 5.92 Å². The van der Waals surface area contributed by atoms with Crippen LogP contribution in [0.25, 0.3) is 0 Å². The first-order valence-electron chi connectivity index (χ1n) is 10.2. The van der Waals surface area contributed by atoms with Crippen molar-refractivity contribution in [2.75, 3.05) is 18.4 Å². The van der Waals surface area contributed by atoms with Crippen molar-refractivity contribution in [1.82, 2.24) is 9.88 Å². The predicted octanol–water partition coefficient (Wildman–Crippen LogP) is 4.05. The fourth-order valence-corrected chi connectivity index (χ4v) is 5.11. The van der Waals surface area contributed by atoms with Crippen LogP contribution in [0.15, 0.2) is 53.2 Å². The topological polar surface area (TPSA) is 79.4 Å². The minimum Gasteiger partial charge on any atom is -0.342 e. The van der Waals surface area contributed by atoms with Gasteiger partial charge in [-0.3, -0.25) is 14.4 Å². The van der Waals surface area contributed by atoms with E-state index in [2.05, 4.69) is 10.3 Å². The third-order valence-electron chi connectivity index (χ3n) is 5.32. The average Bonchev–Trinajstić information content (AvgIpc) is 3.46. The van der Waals surface area contributed by atoms with Gasteiger partial charge in [-0.1, -0.05) is 36.4 Å². The molecule has 2 aromatic heterocycles. The van der Waals surface area contributed by atoms with Crippen molar-refractivity contribution < 1.29 is 14.4 Å². The van der Waals surface area contributed by atoms with Crippen molar-refractivity contribution in [3.8, 4) is 0 Å². The standard InChI is InChI=1S/C23H23N3O3S2/c27-20(14-19-7-4-12-30-19)25-23-24-18(15-31-23)13-21(28)26-10-8-17(9-11-26)22(29)16-5-2-1-3-6-16/h1-7,12,15,17H,8-11,13-14H2,(H,24,25,27). The number of carbonyl (C=O) groups is 3. The van der Waals surface area contributed by atoms with Crippen LogP contribution in [-0.4, -0.2) is 40.6 Å². The maximum absolute atomic E-state index is 12.7. The highest BCUT2D eigenvalue weighted by Gasteiger charge is 2.28. The van der Waals surface area contributed by atoms with E-state index in [0.29, 0.717) is 43.2 Å². The number of piperidine rings is 1. The third-order valence-corrected chi connectivity index (χ3v) is 7.01. The number of nitrogens with one attached hydrogen (secondary N) is 1. The summed E-state index contributed by atoms with van der Waals surface area (Å²) in [6, 6.07) is 13.2. The number of thiophene rings is 1. The Labute approximate surface area is 188 Å². The zero-order valence-corrected chi connectivity index (χ0v) is 18.6. The van der Waals surface area contributed by atoms with Gasteiger partial charge in [-0.2, -0.15) is 0 Å². The third kappa shape index (κ3) is 5.65. The van der Waals surface area contributed by atoms with Gasteiger partial charge in [0.05, 0.1) is 18.5 Å². The normalized spacial score (nSPS) is 14.4. The number of Topliss-reactive ketones (excluding diaryl/α,β-unsaturated/α-hetero) is 1. The Morgan fingerprint density at radius 1 is 1.00 bits per heavy atom. The van der Waals surface area contributed by atoms with E-state index in [4.69, 9.17) is 0 Å². The SMILES string of the molecule is O=C(Cc1cccs1)Nc1nc(CC(=O)N2CCC(C(=O)c3ccccc3)CC2)cs1. The molecule has 1 aliphatic heterocycles. The number of ketones is 1. The van der Waals surface area contributed by atoms with Gasteiger partial charge in [0.1, 0.15) is 0 Å². The summed E-state index contributed by atoms with van der Waals surface area (Å²) in [6.45, 7) is 1.16. The van der Waals surface area contributed by atoms with Crippen LogP contribution in [0.1, 0.15) is 33.8 Å². The first-order valence-corrected chi connectivity index (χ1v) is 12.0. The Balaban J connectivity index is 1.25. The Hall–Kier alpha value is -2.84. The van der Waals surface area contributed by atoms with E-state index >= 15 is 0 Å². The zero-order chi connectivity index (χ0) is 21.6. The largest absolute Gasteiger partial charge is 0.342 e. The molecule has 1 saturated heterocycles. The Morgan fingerprint density at radius 3 is 2.48 bits per heavy atom. The van der Waals surface area contributed by atoms with Gasteiger partial charge >= 0.3 is 0 Å². The summed E-state index contributed by atoms with van der Waals surface area (Å²) in [6.07, 6.45) is 1.89. The monoisotopic (exact) mass is 453 g/mol. The first-order chi connectivity index (χ1) is 15.1. The molecule has 0 saturated carbocycles. The van der Waals surface area contributed by atoms with E-state index in [1.165, 1.54) is 11.3 Å². The molecule has 3 heterocycles. The van der Waals surface area contributed by atoms with Gasteiger partial charge in [0.25, 0.3) is 0 Å². The smallest absolute Gasteiger partial charge is 0.231 e. The van der Waals surface area contributed by atoms with Crippen LogP contribution in [0.3, 0.4) is 0 Å². The van der Waals surface area contributed by atoms with Crippen LogP contribution in [-0.2, 0) is 22.4 Å². The quantitative estimate of drug-likeness (QED) is 0.548. The number of likely N-dealkylation sites (tertiary alicyclic amines) is 1. The van der Waals surface area contributed by atoms with Crippen molar-refractivity contribution in [2.45, 2.75) is 25.7 Å². The molecule has 1 fully saturated rings. The molecular formula is C23H23N3O3S2. The average molecular weight is 454 g/mol. The van der Waals surface area contributed by atoms with E-state index in [9.17, 15) is 14.4 Å². The number of nitrogens with zero attached hydrogens (tertiary/aromatic N) is 2. The lowest BCUT2D eigenvalue weighted by molar-refractivity contribution is -0.131. The fourth-order valence-electron chi connectivity index (χ4n) is 3.68. The van der Waals surface area contributed by atoms with Gasteiger partial charge in [-0.15, -0.1) is 22.7 Å². The summed E-state index contributed by atoms with van der Waals surface area (Å²) in [4.78, 5) is 44.6. The number of rotatable bonds is 7. The maximum atomic E-state index is 12.7. The predicted molar refractivity (Wildman–Crippen MR) is 123 cm³/mol. The molecule has 160 valence electrons. The van der Waals surface area contributed by atoms with Gasteiger partial charge in [0.15, 0.2) is 10.9 Å². The van der Waals surface area contributed by atoms with Crippen LogP contribution >= 0.6 is 22.7 Å². The molecule has 31 heavy (non-hydrogen) atoms. The van der Waals surface area contributed by atoms with Gasteiger partial charge in [-0.25, -0.2) is 4.98 Å². The molecule has 1 N–H and O–H groups in total. The minimum atomic E-state index is -0.111. The van der Waals surface area contributed by atoms with Crippen LogP contribution in [0.2, 0.25) is 0 Å². The number of hydrogen-bond acceptors (Lipinski definition) is 6. The molecule has 0 bridgehead atoms. The Bertz CT molecular complexity index is 1040. The molecular weight excluding hydrogens is 430 g/mol. The van der Waals surface area contributed by atoms with Crippen molar-refractivity contribution in [3.05, 3.63) is 69.4 Å². The first kappa shape index (κ1) is 21.4. The lowest BCUT2D eigenvalue weighted by atomic mass is 9.89. The van der Waals surface area contributed by atoms with E-state index in [0.717, 1.165) is 10.4 Å². The summed E-state index contributed by atoms with van der Waals surface area (Å²) >= 11 is 2.87. The number of aromatic nitrogens is 1. The Morgan fingerprint density at radius 2 is 1.77 bits per heavy atom. The highest BCUT2D eigenvalue weighted by Crippen LogP contribution is 2.23. The van der Waals surface area contributed by atoms with E-state index in [1.54, 1.807) is 11.3 Å². The fraction of sp³-hybridized carbons (Fsp3) is 0.304. The van der Waals surface area contributed by atoms with Crippen LogP contribution in [0.4, 0.5) is 5.13 Å². The number of thiazole rings is 1. The van der Waals surface area contributed by atoms with E-state index in [1.807, 2.05) is 58.1 Å². The van der Waals surface area contributed by atoms with E-state index < -0.39 is 0 Å². The number of benzene rings is 1. The molecule has 4 rings (SSSR count). The highest BCUT2D eigenvalue weighted by molar-refractivity contribution is 7.14. The molecule has 1 aromatic carbocycles. The number of anilines is 1. The molecule has 0 atom stereocenters. The molecule has 2 amide bonds. The molecule has 0 spiro atoms. The molecule has 0 aliphatic carbocycles. The van der Waals surface area contributed by atoms with Gasteiger partial charge in [0, 0.05) is 34.8 Å². The van der Waals surface area contributed by atoms with Gasteiger partial charge < -0.3 is 10.2 Å². The van der Waals surface area contributed by atoms with Crippen molar-refractivity contribution in [1.29, 1.82) is 0 Å². The summed E-state index contributed by atoms with van der Waals surface area (Å²) in [5.41, 5.74) is 1.40.